The van der Waals surface area contributed by atoms with Crippen molar-refractivity contribution in [1.29, 1.82) is 0 Å². The van der Waals surface area contributed by atoms with Crippen molar-refractivity contribution in [2.75, 3.05) is 18.4 Å². The van der Waals surface area contributed by atoms with Gasteiger partial charge in [-0.05, 0) is 30.5 Å². The second-order valence-corrected chi connectivity index (χ2v) is 6.49. The van der Waals surface area contributed by atoms with E-state index in [-0.39, 0.29) is 18.3 Å². The van der Waals surface area contributed by atoms with Crippen LogP contribution in [0.3, 0.4) is 0 Å². The van der Waals surface area contributed by atoms with Gasteiger partial charge in [-0.3, -0.25) is 4.79 Å². The van der Waals surface area contributed by atoms with Crippen molar-refractivity contribution in [3.8, 4) is 0 Å². The number of hydrogen-bond donors (Lipinski definition) is 4. The van der Waals surface area contributed by atoms with Crippen molar-refractivity contribution in [3.05, 3.63) is 28.5 Å². The fourth-order valence-corrected chi connectivity index (χ4v) is 2.38. The number of benzene rings is 1. The summed E-state index contributed by atoms with van der Waals surface area (Å²) < 4.78 is 14.3. The number of halogens is 2. The van der Waals surface area contributed by atoms with Gasteiger partial charge in [0.15, 0.2) is 0 Å². The number of nitrogens with one attached hydrogen (secondary N) is 3. The summed E-state index contributed by atoms with van der Waals surface area (Å²) in [7, 11) is 0. The van der Waals surface area contributed by atoms with Crippen LogP contribution in [0.1, 0.15) is 20.3 Å². The van der Waals surface area contributed by atoms with Crippen LogP contribution >= 0.6 is 15.9 Å². The molecular weight excluding hydrogens is 369 g/mol. The lowest BCUT2D eigenvalue weighted by atomic mass is 10.0. The van der Waals surface area contributed by atoms with E-state index in [1.54, 1.807) is 6.07 Å². The maximum absolute atomic E-state index is 13.7. The molecule has 1 rings (SSSR count). The number of hydrogen-bond acceptors (Lipinski definition) is 3. The monoisotopic (exact) mass is 389 g/mol. The van der Waals surface area contributed by atoms with Crippen LogP contribution < -0.4 is 16.0 Å². The molecule has 128 valence electrons. The summed E-state index contributed by atoms with van der Waals surface area (Å²) in [6.45, 7) is 4.14. The Balaban J connectivity index is 2.59. The molecule has 1 atom stereocenters. The summed E-state index contributed by atoms with van der Waals surface area (Å²) in [4.78, 5) is 22.5. The SMILES string of the molecule is CC(C)C[C@@H](CNCC(=O)O)NC(=O)Nc1ccc(Br)cc1F. The van der Waals surface area contributed by atoms with Gasteiger partial charge >= 0.3 is 12.0 Å². The minimum absolute atomic E-state index is 0.0764. The summed E-state index contributed by atoms with van der Waals surface area (Å²) in [5, 5.41) is 16.6. The third kappa shape index (κ3) is 7.94. The van der Waals surface area contributed by atoms with Crippen LogP contribution in [0.2, 0.25) is 0 Å². The number of carboxylic acid groups (broad SMARTS) is 1. The molecule has 0 saturated heterocycles. The Bertz CT molecular complexity index is 555. The van der Waals surface area contributed by atoms with Crippen LogP contribution in [0, 0.1) is 11.7 Å². The molecule has 0 unspecified atom stereocenters. The first-order valence-electron chi connectivity index (χ1n) is 7.23. The van der Waals surface area contributed by atoms with Crippen LogP contribution in [0.15, 0.2) is 22.7 Å². The molecule has 0 aromatic heterocycles. The molecular formula is C15H21BrFN3O3. The van der Waals surface area contributed by atoms with Crippen LogP contribution in [0.5, 0.6) is 0 Å². The van der Waals surface area contributed by atoms with Gasteiger partial charge in [-0.2, -0.15) is 0 Å². The Morgan fingerprint density at radius 1 is 1.35 bits per heavy atom. The average molecular weight is 390 g/mol. The topological polar surface area (TPSA) is 90.5 Å². The Morgan fingerprint density at radius 3 is 2.61 bits per heavy atom. The fraction of sp³-hybridized carbons (Fsp3) is 0.467. The van der Waals surface area contributed by atoms with Crippen molar-refractivity contribution in [1.82, 2.24) is 10.6 Å². The lowest BCUT2D eigenvalue weighted by Crippen LogP contribution is -2.45. The highest BCUT2D eigenvalue weighted by molar-refractivity contribution is 9.10. The first kappa shape index (κ1) is 19.4. The number of rotatable bonds is 8. The molecule has 0 bridgehead atoms. The van der Waals surface area contributed by atoms with E-state index in [9.17, 15) is 14.0 Å². The van der Waals surface area contributed by atoms with Gasteiger partial charge in [0, 0.05) is 17.1 Å². The maximum Gasteiger partial charge on any atom is 0.319 e. The summed E-state index contributed by atoms with van der Waals surface area (Å²) in [5.41, 5.74) is 0.0764. The van der Waals surface area contributed by atoms with Gasteiger partial charge in [0.2, 0.25) is 0 Å². The predicted molar refractivity (Wildman–Crippen MR) is 90.0 cm³/mol. The molecule has 23 heavy (non-hydrogen) atoms. The Labute approximate surface area is 143 Å². The van der Waals surface area contributed by atoms with Gasteiger partial charge in [0.1, 0.15) is 5.82 Å². The average Bonchev–Trinajstić information content (AvgIpc) is 2.40. The van der Waals surface area contributed by atoms with Gasteiger partial charge in [-0.25, -0.2) is 9.18 Å². The molecule has 0 spiro atoms. The molecule has 0 saturated carbocycles. The zero-order chi connectivity index (χ0) is 17.4. The lowest BCUT2D eigenvalue weighted by molar-refractivity contribution is -0.135. The molecule has 8 heteroatoms. The molecule has 6 nitrogen and oxygen atoms in total. The molecule has 1 aromatic carbocycles. The summed E-state index contributed by atoms with van der Waals surface area (Å²) in [6.07, 6.45) is 0.670. The molecule has 0 aliphatic rings. The summed E-state index contributed by atoms with van der Waals surface area (Å²) >= 11 is 3.15. The number of aliphatic carboxylic acids is 1. The van der Waals surface area contributed by atoms with Crippen molar-refractivity contribution < 1.29 is 19.1 Å². The molecule has 0 aliphatic heterocycles. The van der Waals surface area contributed by atoms with E-state index in [0.29, 0.717) is 23.4 Å². The summed E-state index contributed by atoms with van der Waals surface area (Å²) in [6, 6.07) is 3.55. The second kappa shape index (κ2) is 9.46. The first-order valence-corrected chi connectivity index (χ1v) is 8.02. The highest BCUT2D eigenvalue weighted by atomic mass is 79.9. The van der Waals surface area contributed by atoms with Gasteiger partial charge in [0.25, 0.3) is 0 Å². The third-order valence-corrected chi connectivity index (χ3v) is 3.43. The molecule has 0 fully saturated rings. The van der Waals surface area contributed by atoms with E-state index in [4.69, 9.17) is 5.11 Å². The normalized spacial score (nSPS) is 12.0. The van der Waals surface area contributed by atoms with Gasteiger partial charge in [-0.15, -0.1) is 0 Å². The molecule has 1 aromatic rings. The number of urea groups is 1. The van der Waals surface area contributed by atoms with E-state index in [1.165, 1.54) is 12.1 Å². The predicted octanol–water partition coefficient (Wildman–Crippen LogP) is 2.80. The van der Waals surface area contributed by atoms with E-state index in [0.717, 1.165) is 0 Å². The zero-order valence-electron chi connectivity index (χ0n) is 13.0. The number of carboxylic acids is 1. The number of amides is 2. The molecule has 4 N–H and O–H groups in total. The highest BCUT2D eigenvalue weighted by Gasteiger charge is 2.15. The van der Waals surface area contributed by atoms with Crippen LogP contribution in [-0.4, -0.2) is 36.2 Å². The minimum atomic E-state index is -0.963. The van der Waals surface area contributed by atoms with Gasteiger partial charge < -0.3 is 21.1 Å². The van der Waals surface area contributed by atoms with Crippen molar-refractivity contribution in [2.45, 2.75) is 26.3 Å². The highest BCUT2D eigenvalue weighted by Crippen LogP contribution is 2.19. The maximum atomic E-state index is 13.7. The van der Waals surface area contributed by atoms with E-state index in [2.05, 4.69) is 31.9 Å². The van der Waals surface area contributed by atoms with Crippen LogP contribution in [0.25, 0.3) is 0 Å². The van der Waals surface area contributed by atoms with E-state index >= 15 is 0 Å². The largest absolute Gasteiger partial charge is 0.480 e. The summed E-state index contributed by atoms with van der Waals surface area (Å²) in [5.74, 6) is -1.19. The molecule has 0 aliphatic carbocycles. The standard InChI is InChI=1S/C15H21BrFN3O3/c1-9(2)5-11(7-18-8-14(21)22)19-15(23)20-13-4-3-10(16)6-12(13)17/h3-4,6,9,11,18H,5,7-8H2,1-2H3,(H,21,22)(H2,19,20,23)/t11-/m0/s1. The number of carbonyl (C=O) groups is 2. The Morgan fingerprint density at radius 2 is 2.04 bits per heavy atom. The van der Waals surface area contributed by atoms with E-state index < -0.39 is 17.8 Å². The Hall–Kier alpha value is -1.67. The number of carbonyl (C=O) groups excluding carboxylic acids is 1. The van der Waals surface area contributed by atoms with Gasteiger partial charge in [0.05, 0.1) is 12.2 Å². The second-order valence-electron chi connectivity index (χ2n) is 5.57. The smallest absolute Gasteiger partial charge is 0.319 e. The quantitative estimate of drug-likeness (QED) is 0.550. The van der Waals surface area contributed by atoms with Crippen LogP contribution in [-0.2, 0) is 4.79 Å². The third-order valence-electron chi connectivity index (χ3n) is 2.94. The van der Waals surface area contributed by atoms with Crippen molar-refractivity contribution in [3.63, 3.8) is 0 Å². The fourth-order valence-electron chi connectivity index (χ4n) is 2.05. The minimum Gasteiger partial charge on any atom is -0.480 e. The van der Waals surface area contributed by atoms with Crippen molar-refractivity contribution >= 4 is 33.6 Å². The van der Waals surface area contributed by atoms with Gasteiger partial charge in [-0.1, -0.05) is 29.8 Å². The lowest BCUT2D eigenvalue weighted by Gasteiger charge is -2.21. The van der Waals surface area contributed by atoms with E-state index in [1.807, 2.05) is 13.8 Å². The zero-order valence-corrected chi connectivity index (χ0v) is 14.6. The molecule has 0 heterocycles. The van der Waals surface area contributed by atoms with Crippen LogP contribution in [0.4, 0.5) is 14.9 Å². The molecule has 0 radical (unpaired) electrons. The van der Waals surface area contributed by atoms with Crippen molar-refractivity contribution in [2.24, 2.45) is 5.92 Å². The first-order chi connectivity index (χ1) is 10.8. The molecule has 2 amide bonds. The number of anilines is 1. The Kier molecular flexibility index (Phi) is 7.97.